The summed E-state index contributed by atoms with van der Waals surface area (Å²) in [6.45, 7) is 13.2. The molecule has 1 unspecified atom stereocenters. The third-order valence-corrected chi connectivity index (χ3v) is 2.95. The van der Waals surface area contributed by atoms with Crippen molar-refractivity contribution in [3.63, 3.8) is 0 Å². The van der Waals surface area contributed by atoms with Gasteiger partial charge in [-0.3, -0.25) is 4.48 Å². The summed E-state index contributed by atoms with van der Waals surface area (Å²) in [6.07, 6.45) is -0.116. The van der Waals surface area contributed by atoms with Crippen LogP contribution in [0.5, 0.6) is 0 Å². The van der Waals surface area contributed by atoms with Gasteiger partial charge in [0.1, 0.15) is 0 Å². The number of ether oxygens (including phenoxy) is 1. The van der Waals surface area contributed by atoms with Gasteiger partial charge in [0.25, 0.3) is 0 Å². The number of hydrogen-bond acceptors (Lipinski definition) is 2. The van der Waals surface area contributed by atoms with E-state index in [0.717, 1.165) is 17.6 Å². The third-order valence-electron chi connectivity index (χ3n) is 2.95. The van der Waals surface area contributed by atoms with E-state index in [1.807, 2.05) is 6.92 Å². The molecule has 0 aliphatic heterocycles. The SMILES string of the molecule is C=C(C)C(=O)OC(C)[N+](C)(CC)CC. The lowest BCUT2D eigenvalue weighted by atomic mass is 10.3. The summed E-state index contributed by atoms with van der Waals surface area (Å²) in [5, 5.41) is 0. The van der Waals surface area contributed by atoms with Gasteiger partial charge in [0.05, 0.1) is 20.1 Å². The van der Waals surface area contributed by atoms with Gasteiger partial charge in [0, 0.05) is 12.5 Å². The quantitative estimate of drug-likeness (QED) is 0.293. The molecule has 0 saturated heterocycles. The minimum Gasteiger partial charge on any atom is -0.409 e. The number of carbonyl (C=O) groups excluding carboxylic acids is 1. The van der Waals surface area contributed by atoms with Crippen molar-refractivity contribution < 1.29 is 14.0 Å². The van der Waals surface area contributed by atoms with Crippen LogP contribution in [0.2, 0.25) is 0 Å². The molecular weight excluding hydrogens is 178 g/mol. The van der Waals surface area contributed by atoms with E-state index in [-0.39, 0.29) is 12.2 Å². The van der Waals surface area contributed by atoms with Crippen LogP contribution in [-0.2, 0) is 9.53 Å². The van der Waals surface area contributed by atoms with Crippen LogP contribution in [0.25, 0.3) is 0 Å². The fourth-order valence-electron chi connectivity index (χ4n) is 1.12. The summed E-state index contributed by atoms with van der Waals surface area (Å²) in [4.78, 5) is 11.3. The first-order chi connectivity index (χ1) is 6.37. The normalized spacial score (nSPS) is 13.5. The van der Waals surface area contributed by atoms with E-state index in [1.54, 1.807) is 6.92 Å². The summed E-state index contributed by atoms with van der Waals surface area (Å²) >= 11 is 0. The standard InChI is InChI=1S/C11H22NO2/c1-7-12(6,8-2)10(5)14-11(13)9(3)4/h10H,3,7-8H2,1-2,4-6H3/q+1. The van der Waals surface area contributed by atoms with E-state index >= 15 is 0 Å². The summed E-state index contributed by atoms with van der Waals surface area (Å²) in [5.74, 6) is -0.302. The van der Waals surface area contributed by atoms with Gasteiger partial charge < -0.3 is 4.74 Å². The van der Waals surface area contributed by atoms with Crippen LogP contribution in [-0.4, -0.2) is 36.8 Å². The molecule has 0 radical (unpaired) electrons. The first-order valence-corrected chi connectivity index (χ1v) is 5.08. The van der Waals surface area contributed by atoms with Crippen LogP contribution in [0, 0.1) is 0 Å². The van der Waals surface area contributed by atoms with Gasteiger partial charge in [-0.2, -0.15) is 0 Å². The van der Waals surface area contributed by atoms with Gasteiger partial charge in [0.2, 0.25) is 6.23 Å². The highest BCUT2D eigenvalue weighted by Crippen LogP contribution is 2.12. The summed E-state index contributed by atoms with van der Waals surface area (Å²) in [6, 6.07) is 0. The zero-order valence-corrected chi connectivity index (χ0v) is 9.96. The Kier molecular flexibility index (Phi) is 4.85. The molecule has 0 amide bonds. The van der Waals surface area contributed by atoms with Crippen molar-refractivity contribution in [3.8, 4) is 0 Å². The minimum absolute atomic E-state index is 0.116. The molecule has 0 aliphatic rings. The summed E-state index contributed by atoms with van der Waals surface area (Å²) in [5.41, 5.74) is 0.454. The van der Waals surface area contributed by atoms with Crippen molar-refractivity contribution in [2.75, 3.05) is 20.1 Å². The molecular formula is C11H22NO2+. The van der Waals surface area contributed by atoms with Crippen LogP contribution in [0.1, 0.15) is 27.7 Å². The topological polar surface area (TPSA) is 26.3 Å². The predicted octanol–water partition coefficient (Wildman–Crippen LogP) is 1.94. The van der Waals surface area contributed by atoms with E-state index in [4.69, 9.17) is 4.74 Å². The fraction of sp³-hybridized carbons (Fsp3) is 0.727. The molecule has 0 fully saturated rings. The Morgan fingerprint density at radius 3 is 2.14 bits per heavy atom. The minimum atomic E-state index is -0.302. The molecule has 0 aromatic carbocycles. The van der Waals surface area contributed by atoms with Gasteiger partial charge >= 0.3 is 5.97 Å². The van der Waals surface area contributed by atoms with Crippen molar-refractivity contribution in [2.24, 2.45) is 0 Å². The number of esters is 1. The highest BCUT2D eigenvalue weighted by Gasteiger charge is 2.28. The Morgan fingerprint density at radius 2 is 1.86 bits per heavy atom. The Balaban J connectivity index is 4.39. The molecule has 3 heteroatoms. The van der Waals surface area contributed by atoms with Gasteiger partial charge in [0.15, 0.2) is 0 Å². The number of nitrogens with zero attached hydrogens (tertiary/aromatic N) is 1. The second kappa shape index (κ2) is 5.15. The number of hydrogen-bond donors (Lipinski definition) is 0. The van der Waals surface area contributed by atoms with E-state index in [0.29, 0.717) is 5.57 Å². The maximum absolute atomic E-state index is 11.3. The molecule has 0 saturated carbocycles. The predicted molar refractivity (Wildman–Crippen MR) is 57.6 cm³/mol. The van der Waals surface area contributed by atoms with Crippen molar-refractivity contribution in [1.82, 2.24) is 0 Å². The van der Waals surface area contributed by atoms with Gasteiger partial charge in [-0.1, -0.05) is 6.58 Å². The van der Waals surface area contributed by atoms with Crippen LogP contribution in [0.4, 0.5) is 0 Å². The molecule has 0 bridgehead atoms. The van der Waals surface area contributed by atoms with Gasteiger partial charge in [-0.15, -0.1) is 0 Å². The highest BCUT2D eigenvalue weighted by molar-refractivity contribution is 5.86. The van der Waals surface area contributed by atoms with Crippen molar-refractivity contribution in [2.45, 2.75) is 33.9 Å². The third kappa shape index (κ3) is 3.14. The zero-order valence-electron chi connectivity index (χ0n) is 9.96. The monoisotopic (exact) mass is 200 g/mol. The average Bonchev–Trinajstić information content (AvgIpc) is 2.16. The smallest absolute Gasteiger partial charge is 0.337 e. The first kappa shape index (κ1) is 13.2. The molecule has 3 nitrogen and oxygen atoms in total. The van der Waals surface area contributed by atoms with Crippen LogP contribution in [0.15, 0.2) is 12.2 Å². The maximum atomic E-state index is 11.3. The van der Waals surface area contributed by atoms with Crippen LogP contribution < -0.4 is 0 Å². The molecule has 1 atom stereocenters. The summed E-state index contributed by atoms with van der Waals surface area (Å²) < 4.78 is 6.03. The number of rotatable bonds is 5. The van der Waals surface area contributed by atoms with Crippen LogP contribution in [0.3, 0.4) is 0 Å². The molecule has 0 heterocycles. The molecule has 0 N–H and O–H groups in total. The Bertz CT molecular complexity index is 219. The Morgan fingerprint density at radius 1 is 1.43 bits per heavy atom. The lowest BCUT2D eigenvalue weighted by molar-refractivity contribution is -0.947. The van der Waals surface area contributed by atoms with E-state index in [9.17, 15) is 4.79 Å². The van der Waals surface area contributed by atoms with Crippen molar-refractivity contribution in [1.29, 1.82) is 0 Å². The Hall–Kier alpha value is -0.830. The molecule has 0 spiro atoms. The van der Waals surface area contributed by atoms with E-state index in [2.05, 4.69) is 27.5 Å². The van der Waals surface area contributed by atoms with Crippen molar-refractivity contribution >= 4 is 5.97 Å². The first-order valence-electron chi connectivity index (χ1n) is 5.08. The number of quaternary nitrogens is 1. The molecule has 0 aromatic heterocycles. The molecule has 0 rings (SSSR count). The maximum Gasteiger partial charge on any atom is 0.337 e. The van der Waals surface area contributed by atoms with Gasteiger partial charge in [-0.25, -0.2) is 4.79 Å². The molecule has 14 heavy (non-hydrogen) atoms. The Labute approximate surface area is 86.9 Å². The highest BCUT2D eigenvalue weighted by atomic mass is 16.6. The second-order valence-corrected chi connectivity index (χ2v) is 3.90. The largest absolute Gasteiger partial charge is 0.409 e. The second-order valence-electron chi connectivity index (χ2n) is 3.90. The number of carbonyl (C=O) groups is 1. The average molecular weight is 200 g/mol. The van der Waals surface area contributed by atoms with Crippen molar-refractivity contribution in [3.05, 3.63) is 12.2 Å². The lowest BCUT2D eigenvalue weighted by Gasteiger charge is -2.37. The fourth-order valence-corrected chi connectivity index (χ4v) is 1.12. The summed E-state index contributed by atoms with van der Waals surface area (Å²) in [7, 11) is 2.08. The molecule has 0 aromatic rings. The molecule has 82 valence electrons. The van der Waals surface area contributed by atoms with E-state index < -0.39 is 0 Å². The van der Waals surface area contributed by atoms with Gasteiger partial charge in [-0.05, 0) is 20.8 Å². The van der Waals surface area contributed by atoms with Crippen LogP contribution >= 0.6 is 0 Å². The van der Waals surface area contributed by atoms with E-state index in [1.165, 1.54) is 0 Å². The molecule has 0 aliphatic carbocycles. The lowest BCUT2D eigenvalue weighted by Crippen LogP contribution is -2.52. The zero-order chi connectivity index (χ0) is 11.4.